The molecule has 2 aromatic heterocycles. The zero-order valence-electron chi connectivity index (χ0n) is 17.7. The first-order chi connectivity index (χ1) is 17.0. The van der Waals surface area contributed by atoms with Gasteiger partial charge in [-0.1, -0.05) is 17.0 Å². The van der Waals surface area contributed by atoms with Crippen LogP contribution in [0, 0.1) is 17.5 Å². The van der Waals surface area contributed by atoms with Gasteiger partial charge in [-0.3, -0.25) is 9.51 Å². The monoisotopic (exact) mass is 612 g/mol. The lowest BCUT2D eigenvalue weighted by Crippen LogP contribution is -2.55. The van der Waals surface area contributed by atoms with E-state index < -0.39 is 61.7 Å². The molecule has 4 N–H and O–H groups in total. The minimum Gasteiger partial charge on any atom is -0.394 e. The minimum absolute atomic E-state index is 0.137. The Hall–Kier alpha value is -1.88. The van der Waals surface area contributed by atoms with Crippen LogP contribution >= 0.6 is 35.5 Å². The number of benzene rings is 1. The number of thioether (sulfide) groups is 1. The molecule has 17 heteroatoms. The Kier molecular flexibility index (Phi) is 8.19. The van der Waals surface area contributed by atoms with Gasteiger partial charge in [0.2, 0.25) is 0 Å². The van der Waals surface area contributed by atoms with Crippen molar-refractivity contribution in [3.8, 4) is 11.3 Å². The topological polar surface area (TPSA) is 160 Å². The predicted octanol–water partition coefficient (Wildman–Crippen LogP) is 2.41. The zero-order valence-corrected chi connectivity index (χ0v) is 21.0. The van der Waals surface area contributed by atoms with Crippen molar-refractivity contribution in [1.82, 2.24) is 20.0 Å². The smallest absolute Gasteiger partial charge is 0.394 e. The molecule has 194 valence electrons. The van der Waals surface area contributed by atoms with Crippen molar-refractivity contribution >= 4 is 35.5 Å². The molecule has 0 saturated carbocycles. The Bertz CT molecular complexity index is 1280. The summed E-state index contributed by atoms with van der Waals surface area (Å²) in [4.78, 5) is 23.6. The van der Waals surface area contributed by atoms with E-state index in [0.29, 0.717) is 21.5 Å². The van der Waals surface area contributed by atoms with Gasteiger partial charge in [-0.15, -0.1) is 5.10 Å². The number of hydrogen-bond acceptors (Lipinski definition) is 9. The van der Waals surface area contributed by atoms with Gasteiger partial charge in [-0.2, -0.15) is 0 Å². The SMILES string of the molecule is O=P(O)(O)OC1C(Sc2cncc(Br)c2)OC(CO)C(O)C1n1cc(-c2cc(F)c(F)c(F)c2)nn1. The summed E-state index contributed by atoms with van der Waals surface area (Å²) < 4.78 is 64.8. The van der Waals surface area contributed by atoms with Crippen LogP contribution in [-0.4, -0.2) is 70.3 Å². The predicted molar refractivity (Wildman–Crippen MR) is 121 cm³/mol. The highest BCUT2D eigenvalue weighted by Crippen LogP contribution is 2.47. The van der Waals surface area contributed by atoms with Crippen molar-refractivity contribution < 1.29 is 47.0 Å². The average Bonchev–Trinajstić information content (AvgIpc) is 3.28. The molecule has 1 aliphatic heterocycles. The molecule has 1 aromatic carbocycles. The lowest BCUT2D eigenvalue weighted by molar-refractivity contribution is -0.175. The molecule has 1 aliphatic rings. The summed E-state index contributed by atoms with van der Waals surface area (Å²) in [5.41, 5.74) is -1.52. The molecule has 5 atom stereocenters. The molecule has 0 amide bonds. The Morgan fingerprint density at radius 2 is 1.89 bits per heavy atom. The van der Waals surface area contributed by atoms with Crippen LogP contribution in [0.4, 0.5) is 13.2 Å². The maximum Gasteiger partial charge on any atom is 0.470 e. The lowest BCUT2D eigenvalue weighted by Gasteiger charge is -2.43. The number of aromatic nitrogens is 4. The molecule has 0 radical (unpaired) electrons. The van der Waals surface area contributed by atoms with Crippen LogP contribution in [-0.2, 0) is 13.8 Å². The molecular weight excluding hydrogens is 596 g/mol. The van der Waals surface area contributed by atoms with Crippen LogP contribution in [0.15, 0.2) is 46.2 Å². The minimum atomic E-state index is -5.16. The molecule has 3 heterocycles. The van der Waals surface area contributed by atoms with Gasteiger partial charge in [0.1, 0.15) is 35.5 Å². The number of ether oxygens (including phenoxy) is 1. The van der Waals surface area contributed by atoms with E-state index >= 15 is 0 Å². The molecule has 1 saturated heterocycles. The number of rotatable bonds is 7. The Labute approximate surface area is 213 Å². The molecule has 4 rings (SSSR count). The van der Waals surface area contributed by atoms with E-state index in [0.717, 1.165) is 22.6 Å². The fourth-order valence-corrected chi connectivity index (χ4v) is 5.86. The van der Waals surface area contributed by atoms with Crippen LogP contribution in [0.3, 0.4) is 0 Å². The van der Waals surface area contributed by atoms with Crippen molar-refractivity contribution in [1.29, 1.82) is 0 Å². The van der Waals surface area contributed by atoms with Gasteiger partial charge in [0, 0.05) is 27.3 Å². The number of phosphoric acid groups is 1. The van der Waals surface area contributed by atoms with Crippen molar-refractivity contribution in [3.05, 3.63) is 58.7 Å². The Balaban J connectivity index is 1.74. The molecule has 0 spiro atoms. The lowest BCUT2D eigenvalue weighted by atomic mass is 9.97. The summed E-state index contributed by atoms with van der Waals surface area (Å²) >= 11 is 4.21. The van der Waals surface area contributed by atoms with Gasteiger partial charge in [0.05, 0.1) is 12.8 Å². The van der Waals surface area contributed by atoms with Gasteiger partial charge >= 0.3 is 7.82 Å². The summed E-state index contributed by atoms with van der Waals surface area (Å²) in [5.74, 6) is -4.60. The highest BCUT2D eigenvalue weighted by Gasteiger charge is 2.50. The fraction of sp³-hybridized carbons (Fsp3) is 0.316. The third-order valence-electron chi connectivity index (χ3n) is 5.11. The Morgan fingerprint density at radius 3 is 2.50 bits per heavy atom. The van der Waals surface area contributed by atoms with E-state index in [1.807, 2.05) is 0 Å². The maximum atomic E-state index is 13.7. The number of hydrogen-bond donors (Lipinski definition) is 4. The van der Waals surface area contributed by atoms with Crippen molar-refractivity contribution in [2.75, 3.05) is 6.61 Å². The molecule has 36 heavy (non-hydrogen) atoms. The van der Waals surface area contributed by atoms with Gasteiger partial charge in [0.15, 0.2) is 17.5 Å². The Morgan fingerprint density at radius 1 is 1.19 bits per heavy atom. The van der Waals surface area contributed by atoms with Crippen molar-refractivity contribution in [2.24, 2.45) is 0 Å². The van der Waals surface area contributed by atoms with Gasteiger partial charge in [0.25, 0.3) is 0 Å². The van der Waals surface area contributed by atoms with Crippen molar-refractivity contribution in [2.45, 2.75) is 34.7 Å². The van der Waals surface area contributed by atoms with E-state index in [4.69, 9.17) is 9.26 Å². The second kappa shape index (κ2) is 10.8. The highest BCUT2D eigenvalue weighted by atomic mass is 79.9. The third-order valence-corrected chi connectivity index (χ3v) is 7.17. The second-order valence-electron chi connectivity index (χ2n) is 7.56. The van der Waals surface area contributed by atoms with Gasteiger partial charge in [-0.25, -0.2) is 22.4 Å². The second-order valence-corrected chi connectivity index (χ2v) is 10.8. The molecule has 3 aromatic rings. The van der Waals surface area contributed by atoms with Gasteiger partial charge in [-0.05, 0) is 34.1 Å². The maximum absolute atomic E-state index is 13.7. The number of nitrogens with zero attached hydrogens (tertiary/aromatic N) is 4. The van der Waals surface area contributed by atoms with Crippen LogP contribution < -0.4 is 0 Å². The number of aliphatic hydroxyl groups is 2. The van der Waals surface area contributed by atoms with E-state index in [-0.39, 0.29) is 11.3 Å². The van der Waals surface area contributed by atoms with E-state index in [9.17, 15) is 37.7 Å². The fourth-order valence-electron chi connectivity index (χ4n) is 3.58. The summed E-state index contributed by atoms with van der Waals surface area (Å²) in [6, 6.07) is 1.63. The number of phosphoric ester groups is 1. The normalized spacial score (nSPS) is 24.7. The highest BCUT2D eigenvalue weighted by molar-refractivity contribution is 9.10. The summed E-state index contributed by atoms with van der Waals surface area (Å²) in [7, 11) is -5.16. The van der Waals surface area contributed by atoms with Crippen LogP contribution in [0.5, 0.6) is 0 Å². The molecule has 5 unspecified atom stereocenters. The third kappa shape index (κ3) is 5.98. The number of pyridine rings is 1. The molecule has 11 nitrogen and oxygen atoms in total. The number of halogens is 4. The average molecular weight is 613 g/mol. The molecule has 1 fully saturated rings. The largest absolute Gasteiger partial charge is 0.470 e. The van der Waals surface area contributed by atoms with Crippen LogP contribution in [0.25, 0.3) is 11.3 Å². The first kappa shape index (κ1) is 27.2. The van der Waals surface area contributed by atoms with Crippen LogP contribution in [0.2, 0.25) is 0 Å². The summed E-state index contributed by atoms with van der Waals surface area (Å²) in [6.45, 7) is -0.677. The first-order valence-electron chi connectivity index (χ1n) is 9.99. The standard InChI is InChI=1S/C19H17BrF3N4O7PS/c20-9-3-10(5-24-4-9)36-19-18(34-35(30,31)32)16(17(29)14(7-28)33-19)27-6-13(25-26-27)8-1-11(21)15(23)12(22)2-8/h1-6,14,16-19,28-29H,7H2,(H2,30,31,32). The summed E-state index contributed by atoms with van der Waals surface area (Å²) in [6.07, 6.45) is -0.330. The first-order valence-corrected chi connectivity index (χ1v) is 13.2. The van der Waals surface area contributed by atoms with Gasteiger partial charge < -0.3 is 24.7 Å². The molecule has 0 aliphatic carbocycles. The van der Waals surface area contributed by atoms with E-state index in [1.54, 1.807) is 6.07 Å². The summed E-state index contributed by atoms with van der Waals surface area (Å²) in [5, 5.41) is 28.2. The van der Waals surface area contributed by atoms with Crippen molar-refractivity contribution in [3.63, 3.8) is 0 Å². The van der Waals surface area contributed by atoms with E-state index in [1.165, 1.54) is 12.4 Å². The van der Waals surface area contributed by atoms with Crippen LogP contribution in [0.1, 0.15) is 6.04 Å². The quantitative estimate of drug-likeness (QED) is 0.229. The molecular formula is C19H17BrF3N4O7PS. The van der Waals surface area contributed by atoms with E-state index in [2.05, 4.69) is 31.2 Å². The zero-order chi connectivity index (χ0) is 26.2. The number of aliphatic hydroxyl groups excluding tert-OH is 2. The molecule has 0 bridgehead atoms.